The maximum absolute atomic E-state index is 12.7. The quantitative estimate of drug-likeness (QED) is 0.647. The summed E-state index contributed by atoms with van der Waals surface area (Å²) < 4.78 is 31.4. The minimum atomic E-state index is -3.68. The molecule has 3 aromatic rings. The number of hydrogen-bond acceptors (Lipinski definition) is 6. The molecule has 9 nitrogen and oxygen atoms in total. The highest BCUT2D eigenvalue weighted by Crippen LogP contribution is 2.35. The molecule has 0 aliphatic carbocycles. The summed E-state index contributed by atoms with van der Waals surface area (Å²) in [5.74, 6) is -0.357. The standard InChI is InChI=1S/C21H18N4O5S/c1-25(2)31(28,29)15-6-3-5-13(11-15)19(26)23-14-8-9-18-16(12-14)20(27)24-17-7-4-10-22-21(17)30-18/h3-12H,1-2H3,(H,23,26)(H,24,27). The maximum Gasteiger partial charge on any atom is 0.259 e. The van der Waals surface area contributed by atoms with Gasteiger partial charge in [-0.1, -0.05) is 6.07 Å². The molecule has 0 fully saturated rings. The van der Waals surface area contributed by atoms with Crippen molar-refractivity contribution in [3.8, 4) is 11.6 Å². The fourth-order valence-corrected chi connectivity index (χ4v) is 3.90. The number of hydrogen-bond donors (Lipinski definition) is 2. The normalized spacial score (nSPS) is 12.8. The van der Waals surface area contributed by atoms with Crippen LogP contribution in [0.3, 0.4) is 0 Å². The second-order valence-corrected chi connectivity index (χ2v) is 9.04. The Morgan fingerprint density at radius 1 is 1.10 bits per heavy atom. The van der Waals surface area contributed by atoms with E-state index in [9.17, 15) is 18.0 Å². The van der Waals surface area contributed by atoms with Gasteiger partial charge in [0.25, 0.3) is 11.8 Å². The topological polar surface area (TPSA) is 118 Å². The Morgan fingerprint density at radius 2 is 1.90 bits per heavy atom. The Bertz CT molecular complexity index is 1300. The van der Waals surface area contributed by atoms with Crippen LogP contribution < -0.4 is 15.4 Å². The molecule has 2 amide bonds. The zero-order valence-electron chi connectivity index (χ0n) is 16.6. The molecular weight excluding hydrogens is 420 g/mol. The van der Waals surface area contributed by atoms with E-state index in [-0.39, 0.29) is 21.9 Å². The molecule has 1 aliphatic rings. The average molecular weight is 438 g/mol. The molecule has 10 heteroatoms. The molecule has 2 aromatic carbocycles. The van der Waals surface area contributed by atoms with Gasteiger partial charge in [-0.2, -0.15) is 0 Å². The van der Waals surface area contributed by atoms with E-state index < -0.39 is 21.8 Å². The number of amides is 2. The summed E-state index contributed by atoms with van der Waals surface area (Å²) in [6, 6.07) is 13.7. The van der Waals surface area contributed by atoms with Crippen molar-refractivity contribution in [2.24, 2.45) is 0 Å². The third-order valence-electron chi connectivity index (χ3n) is 4.58. The third kappa shape index (κ3) is 3.98. The van der Waals surface area contributed by atoms with Crippen molar-refractivity contribution >= 4 is 33.2 Å². The summed E-state index contributed by atoms with van der Waals surface area (Å²) in [7, 11) is -0.847. The highest BCUT2D eigenvalue weighted by molar-refractivity contribution is 7.89. The monoisotopic (exact) mass is 438 g/mol. The smallest absolute Gasteiger partial charge is 0.259 e. The van der Waals surface area contributed by atoms with Crippen molar-refractivity contribution in [1.82, 2.24) is 9.29 Å². The Hall–Kier alpha value is -3.76. The number of ether oxygens (including phenoxy) is 1. The first-order valence-electron chi connectivity index (χ1n) is 9.18. The molecule has 2 N–H and O–H groups in total. The van der Waals surface area contributed by atoms with E-state index in [0.717, 1.165) is 4.31 Å². The van der Waals surface area contributed by atoms with E-state index in [1.165, 1.54) is 44.4 Å². The molecule has 0 spiro atoms. The maximum atomic E-state index is 12.7. The van der Waals surface area contributed by atoms with Gasteiger partial charge in [-0.05, 0) is 48.5 Å². The van der Waals surface area contributed by atoms with E-state index in [0.29, 0.717) is 17.1 Å². The minimum absolute atomic E-state index is 0.00474. The van der Waals surface area contributed by atoms with E-state index in [1.54, 1.807) is 30.5 Å². The molecule has 158 valence electrons. The number of nitrogens with one attached hydrogen (secondary N) is 2. The van der Waals surface area contributed by atoms with Crippen LogP contribution in [-0.4, -0.2) is 43.6 Å². The zero-order chi connectivity index (χ0) is 22.2. The van der Waals surface area contributed by atoms with E-state index >= 15 is 0 Å². The summed E-state index contributed by atoms with van der Waals surface area (Å²) in [5, 5.41) is 5.39. The Kier molecular flexibility index (Phi) is 5.17. The van der Waals surface area contributed by atoms with Gasteiger partial charge in [0, 0.05) is 31.5 Å². The van der Waals surface area contributed by atoms with Crippen LogP contribution in [0.5, 0.6) is 11.6 Å². The zero-order valence-corrected chi connectivity index (χ0v) is 17.4. The van der Waals surface area contributed by atoms with Crippen LogP contribution in [0.25, 0.3) is 0 Å². The van der Waals surface area contributed by atoms with Crippen molar-refractivity contribution in [3.05, 3.63) is 71.9 Å². The number of anilines is 2. The molecule has 2 heterocycles. The summed E-state index contributed by atoms with van der Waals surface area (Å²) >= 11 is 0. The number of rotatable bonds is 4. The lowest BCUT2D eigenvalue weighted by Gasteiger charge is -2.13. The molecule has 31 heavy (non-hydrogen) atoms. The molecule has 4 rings (SSSR count). The van der Waals surface area contributed by atoms with Crippen LogP contribution >= 0.6 is 0 Å². The number of fused-ring (bicyclic) bond motifs is 2. The number of sulfonamides is 1. The first-order valence-corrected chi connectivity index (χ1v) is 10.6. The van der Waals surface area contributed by atoms with Gasteiger partial charge in [0.05, 0.1) is 10.5 Å². The van der Waals surface area contributed by atoms with Gasteiger partial charge in [-0.3, -0.25) is 9.59 Å². The van der Waals surface area contributed by atoms with Crippen LogP contribution in [0.4, 0.5) is 11.4 Å². The lowest BCUT2D eigenvalue weighted by Crippen LogP contribution is -2.22. The second kappa shape index (κ2) is 7.82. The predicted molar refractivity (Wildman–Crippen MR) is 114 cm³/mol. The number of carbonyl (C=O) groups excluding carboxylic acids is 2. The Balaban J connectivity index is 1.60. The van der Waals surface area contributed by atoms with Crippen LogP contribution in [0.1, 0.15) is 20.7 Å². The van der Waals surface area contributed by atoms with Crippen LogP contribution in [0.15, 0.2) is 65.7 Å². The summed E-state index contributed by atoms with van der Waals surface area (Å²) in [6.45, 7) is 0. The number of nitrogens with zero attached hydrogens (tertiary/aromatic N) is 2. The largest absolute Gasteiger partial charge is 0.436 e. The number of benzene rings is 2. The Labute approximate surface area is 178 Å². The van der Waals surface area contributed by atoms with Crippen molar-refractivity contribution in [3.63, 3.8) is 0 Å². The summed E-state index contributed by atoms with van der Waals surface area (Å²) in [6.07, 6.45) is 1.55. The minimum Gasteiger partial charge on any atom is -0.436 e. The van der Waals surface area contributed by atoms with E-state index in [1.807, 2.05) is 0 Å². The van der Waals surface area contributed by atoms with E-state index in [4.69, 9.17) is 4.74 Å². The van der Waals surface area contributed by atoms with Gasteiger partial charge in [0.2, 0.25) is 15.9 Å². The number of pyridine rings is 1. The fraction of sp³-hybridized carbons (Fsp3) is 0.0952. The third-order valence-corrected chi connectivity index (χ3v) is 6.39. The number of carbonyl (C=O) groups is 2. The van der Waals surface area contributed by atoms with E-state index in [2.05, 4.69) is 15.6 Å². The lowest BCUT2D eigenvalue weighted by molar-refractivity contribution is 0.101. The van der Waals surface area contributed by atoms with Crippen LogP contribution in [0.2, 0.25) is 0 Å². The molecule has 0 saturated heterocycles. The first-order chi connectivity index (χ1) is 14.8. The van der Waals surface area contributed by atoms with Gasteiger partial charge in [-0.15, -0.1) is 0 Å². The Morgan fingerprint density at radius 3 is 2.68 bits per heavy atom. The summed E-state index contributed by atoms with van der Waals surface area (Å²) in [5.41, 5.74) is 1.17. The fourth-order valence-electron chi connectivity index (χ4n) is 2.95. The van der Waals surface area contributed by atoms with Crippen molar-refractivity contribution in [2.45, 2.75) is 4.90 Å². The van der Waals surface area contributed by atoms with Gasteiger partial charge in [-0.25, -0.2) is 17.7 Å². The highest BCUT2D eigenvalue weighted by atomic mass is 32.2. The van der Waals surface area contributed by atoms with Gasteiger partial charge >= 0.3 is 0 Å². The van der Waals surface area contributed by atoms with Gasteiger partial charge < -0.3 is 15.4 Å². The SMILES string of the molecule is CN(C)S(=O)(=O)c1cccc(C(=O)Nc2ccc3c(c2)C(=O)Nc2cccnc2O3)c1. The molecule has 1 aromatic heterocycles. The van der Waals surface area contributed by atoms with Gasteiger partial charge in [0.1, 0.15) is 11.4 Å². The molecule has 1 aliphatic heterocycles. The molecule has 0 atom stereocenters. The van der Waals surface area contributed by atoms with Crippen LogP contribution in [0, 0.1) is 0 Å². The van der Waals surface area contributed by atoms with Crippen molar-refractivity contribution < 1.29 is 22.7 Å². The lowest BCUT2D eigenvalue weighted by atomic mass is 10.1. The van der Waals surface area contributed by atoms with Crippen LogP contribution in [-0.2, 0) is 10.0 Å². The molecule has 0 saturated carbocycles. The first kappa shape index (κ1) is 20.5. The average Bonchev–Trinajstić information content (AvgIpc) is 2.89. The molecule has 0 bridgehead atoms. The van der Waals surface area contributed by atoms with Crippen molar-refractivity contribution in [1.29, 1.82) is 0 Å². The molecular formula is C21H18N4O5S. The predicted octanol–water partition coefficient (Wildman–Crippen LogP) is 2.94. The second-order valence-electron chi connectivity index (χ2n) is 6.89. The number of aromatic nitrogens is 1. The summed E-state index contributed by atoms with van der Waals surface area (Å²) in [4.78, 5) is 29.4. The molecule has 0 unspecified atom stereocenters. The molecule has 0 radical (unpaired) electrons. The van der Waals surface area contributed by atoms with Gasteiger partial charge in [0.15, 0.2) is 0 Å². The highest BCUT2D eigenvalue weighted by Gasteiger charge is 2.23. The van der Waals surface area contributed by atoms with Crippen molar-refractivity contribution in [2.75, 3.05) is 24.7 Å².